The molecular formula is C12H17N3O2S. The van der Waals surface area contributed by atoms with Crippen LogP contribution < -0.4 is 20.7 Å². The number of hydrogen-bond acceptors (Lipinski definition) is 6. The second kappa shape index (κ2) is 5.41. The van der Waals surface area contributed by atoms with E-state index >= 15 is 0 Å². The number of fused-ring (bicyclic) bond motifs is 1. The molecule has 0 atom stereocenters. The minimum Gasteiger partial charge on any atom is -0.495 e. The maximum Gasteiger partial charge on any atom is 0.198 e. The van der Waals surface area contributed by atoms with Crippen LogP contribution in [0.4, 0.5) is 5.13 Å². The number of anilines is 1. The van der Waals surface area contributed by atoms with E-state index in [-0.39, 0.29) is 0 Å². The molecule has 0 unspecified atom stereocenters. The Balaban J connectivity index is 2.44. The van der Waals surface area contributed by atoms with Crippen molar-refractivity contribution in [3.8, 4) is 11.5 Å². The van der Waals surface area contributed by atoms with Gasteiger partial charge in [-0.2, -0.15) is 0 Å². The number of rotatable bonds is 5. The second-order valence-electron chi connectivity index (χ2n) is 4.31. The third kappa shape index (κ3) is 2.49. The molecule has 1 heterocycles. The van der Waals surface area contributed by atoms with Gasteiger partial charge in [0, 0.05) is 0 Å². The standard InChI is InChI=1S/C12H17N3O2S/c1-7(2)6-17-8-4-5-9(16-3)11-10(8)14-12(15-13)18-11/h4-5,7H,6,13H2,1-3H3,(H,14,15). The molecule has 0 radical (unpaired) electrons. The highest BCUT2D eigenvalue weighted by molar-refractivity contribution is 7.22. The van der Waals surface area contributed by atoms with Crippen molar-refractivity contribution in [1.29, 1.82) is 0 Å². The van der Waals surface area contributed by atoms with Crippen LogP contribution in [-0.2, 0) is 0 Å². The molecule has 18 heavy (non-hydrogen) atoms. The van der Waals surface area contributed by atoms with Crippen molar-refractivity contribution >= 4 is 26.7 Å². The van der Waals surface area contributed by atoms with E-state index in [1.54, 1.807) is 7.11 Å². The number of hydrazine groups is 1. The van der Waals surface area contributed by atoms with Gasteiger partial charge >= 0.3 is 0 Å². The number of nitrogens with two attached hydrogens (primary N) is 1. The normalized spacial score (nSPS) is 10.9. The molecule has 0 bridgehead atoms. The summed E-state index contributed by atoms with van der Waals surface area (Å²) in [4.78, 5) is 4.40. The molecule has 0 saturated carbocycles. The third-order valence-electron chi connectivity index (χ3n) is 2.39. The predicted molar refractivity (Wildman–Crippen MR) is 74.3 cm³/mol. The van der Waals surface area contributed by atoms with Crippen LogP contribution in [0.1, 0.15) is 13.8 Å². The van der Waals surface area contributed by atoms with Gasteiger partial charge in [-0.15, -0.1) is 0 Å². The Hall–Kier alpha value is -1.53. The molecule has 1 aromatic heterocycles. The summed E-state index contributed by atoms with van der Waals surface area (Å²) in [6.07, 6.45) is 0. The van der Waals surface area contributed by atoms with Gasteiger partial charge in [0.25, 0.3) is 0 Å². The predicted octanol–water partition coefficient (Wildman–Crippen LogP) is 2.63. The summed E-state index contributed by atoms with van der Waals surface area (Å²) >= 11 is 1.44. The van der Waals surface area contributed by atoms with Crippen LogP contribution in [0, 0.1) is 5.92 Å². The topological polar surface area (TPSA) is 69.4 Å². The van der Waals surface area contributed by atoms with E-state index in [0.29, 0.717) is 17.7 Å². The zero-order valence-electron chi connectivity index (χ0n) is 10.7. The van der Waals surface area contributed by atoms with Crippen LogP contribution in [0.2, 0.25) is 0 Å². The first-order valence-corrected chi connectivity index (χ1v) is 6.54. The van der Waals surface area contributed by atoms with Gasteiger partial charge in [-0.25, -0.2) is 10.8 Å². The third-order valence-corrected chi connectivity index (χ3v) is 3.39. The lowest BCUT2D eigenvalue weighted by Gasteiger charge is -2.10. The number of hydrogen-bond donors (Lipinski definition) is 2. The molecule has 0 amide bonds. The number of ether oxygens (including phenoxy) is 2. The summed E-state index contributed by atoms with van der Waals surface area (Å²) in [5, 5.41) is 0.642. The molecule has 0 saturated heterocycles. The molecule has 5 nitrogen and oxygen atoms in total. The number of benzene rings is 1. The molecule has 0 aliphatic rings. The van der Waals surface area contributed by atoms with Crippen molar-refractivity contribution in [2.75, 3.05) is 19.1 Å². The first kappa shape index (κ1) is 12.9. The fourth-order valence-corrected chi connectivity index (χ4v) is 2.44. The number of nitrogens with zero attached hydrogens (tertiary/aromatic N) is 1. The molecule has 2 rings (SSSR count). The fraction of sp³-hybridized carbons (Fsp3) is 0.417. The molecule has 0 aliphatic carbocycles. The summed E-state index contributed by atoms with van der Waals surface area (Å²) in [7, 11) is 1.64. The fourth-order valence-electron chi connectivity index (χ4n) is 1.56. The molecule has 2 aromatic rings. The quantitative estimate of drug-likeness (QED) is 0.644. The summed E-state index contributed by atoms with van der Waals surface area (Å²) in [6.45, 7) is 4.87. The van der Waals surface area contributed by atoms with E-state index in [1.807, 2.05) is 12.1 Å². The van der Waals surface area contributed by atoms with Crippen molar-refractivity contribution < 1.29 is 9.47 Å². The van der Waals surface area contributed by atoms with E-state index in [4.69, 9.17) is 15.3 Å². The number of thiazole rings is 1. The second-order valence-corrected chi connectivity index (χ2v) is 5.31. The average Bonchev–Trinajstić information content (AvgIpc) is 2.79. The SMILES string of the molecule is COc1ccc(OCC(C)C)c2nc(NN)sc12. The van der Waals surface area contributed by atoms with Crippen LogP contribution in [0.15, 0.2) is 12.1 Å². The monoisotopic (exact) mass is 267 g/mol. The van der Waals surface area contributed by atoms with Gasteiger partial charge in [0.2, 0.25) is 0 Å². The lowest BCUT2D eigenvalue weighted by Crippen LogP contribution is -2.06. The lowest BCUT2D eigenvalue weighted by atomic mass is 10.2. The van der Waals surface area contributed by atoms with Crippen LogP contribution in [0.5, 0.6) is 11.5 Å². The molecule has 98 valence electrons. The summed E-state index contributed by atoms with van der Waals surface area (Å²) in [6, 6.07) is 3.76. The molecular weight excluding hydrogens is 250 g/mol. The van der Waals surface area contributed by atoms with E-state index in [2.05, 4.69) is 24.3 Å². The minimum atomic E-state index is 0.466. The van der Waals surface area contributed by atoms with Gasteiger partial charge in [0.15, 0.2) is 5.13 Å². The lowest BCUT2D eigenvalue weighted by molar-refractivity contribution is 0.273. The van der Waals surface area contributed by atoms with Gasteiger partial charge in [-0.05, 0) is 18.1 Å². The van der Waals surface area contributed by atoms with Crippen molar-refractivity contribution in [1.82, 2.24) is 4.98 Å². The molecule has 0 aliphatic heterocycles. The first-order chi connectivity index (χ1) is 8.65. The van der Waals surface area contributed by atoms with Crippen LogP contribution in [0.3, 0.4) is 0 Å². The Morgan fingerprint density at radius 2 is 2.11 bits per heavy atom. The van der Waals surface area contributed by atoms with Crippen molar-refractivity contribution in [2.45, 2.75) is 13.8 Å². The van der Waals surface area contributed by atoms with Crippen LogP contribution in [-0.4, -0.2) is 18.7 Å². The highest BCUT2D eigenvalue weighted by Crippen LogP contribution is 2.38. The highest BCUT2D eigenvalue weighted by Gasteiger charge is 2.13. The minimum absolute atomic E-state index is 0.466. The highest BCUT2D eigenvalue weighted by atomic mass is 32.1. The Morgan fingerprint density at radius 3 is 2.72 bits per heavy atom. The number of aromatic nitrogens is 1. The molecule has 0 fully saturated rings. The molecule has 1 aromatic carbocycles. The van der Waals surface area contributed by atoms with Gasteiger partial charge < -0.3 is 9.47 Å². The van der Waals surface area contributed by atoms with Crippen molar-refractivity contribution in [2.24, 2.45) is 11.8 Å². The van der Waals surface area contributed by atoms with Crippen molar-refractivity contribution in [3.63, 3.8) is 0 Å². The summed E-state index contributed by atoms with van der Waals surface area (Å²) in [5.74, 6) is 7.40. The Morgan fingerprint density at radius 1 is 1.39 bits per heavy atom. The van der Waals surface area contributed by atoms with Gasteiger partial charge in [0.1, 0.15) is 21.7 Å². The summed E-state index contributed by atoms with van der Waals surface area (Å²) < 4.78 is 12.0. The van der Waals surface area contributed by atoms with E-state index in [9.17, 15) is 0 Å². The van der Waals surface area contributed by atoms with E-state index < -0.39 is 0 Å². The Labute approximate surface area is 110 Å². The Bertz CT molecular complexity index is 539. The molecule has 6 heteroatoms. The van der Waals surface area contributed by atoms with E-state index in [1.165, 1.54) is 11.3 Å². The van der Waals surface area contributed by atoms with Gasteiger partial charge in [-0.3, -0.25) is 5.43 Å². The maximum atomic E-state index is 5.76. The number of nitrogen functional groups attached to an aromatic ring is 1. The summed E-state index contributed by atoms with van der Waals surface area (Å²) in [5.41, 5.74) is 3.34. The number of nitrogens with one attached hydrogen (secondary N) is 1. The number of methoxy groups -OCH3 is 1. The molecule has 3 N–H and O–H groups in total. The van der Waals surface area contributed by atoms with Crippen LogP contribution >= 0.6 is 11.3 Å². The largest absolute Gasteiger partial charge is 0.495 e. The van der Waals surface area contributed by atoms with E-state index in [0.717, 1.165) is 21.7 Å². The zero-order valence-corrected chi connectivity index (χ0v) is 11.5. The smallest absolute Gasteiger partial charge is 0.198 e. The van der Waals surface area contributed by atoms with Crippen LogP contribution in [0.25, 0.3) is 10.2 Å². The first-order valence-electron chi connectivity index (χ1n) is 5.72. The van der Waals surface area contributed by atoms with Crippen molar-refractivity contribution in [3.05, 3.63) is 12.1 Å². The Kier molecular flexibility index (Phi) is 3.88. The molecule has 0 spiro atoms. The zero-order chi connectivity index (χ0) is 13.1. The average molecular weight is 267 g/mol. The van der Waals surface area contributed by atoms with Gasteiger partial charge in [-0.1, -0.05) is 25.2 Å². The maximum absolute atomic E-state index is 5.76. The van der Waals surface area contributed by atoms with Gasteiger partial charge in [0.05, 0.1) is 13.7 Å².